The third-order valence-electron chi connectivity index (χ3n) is 5.55. The molecule has 1 saturated heterocycles. The minimum absolute atomic E-state index is 0.240. The maximum atomic E-state index is 11.9. The van der Waals surface area contributed by atoms with Gasteiger partial charge in [-0.15, -0.1) is 0 Å². The maximum Gasteiger partial charge on any atom is 0.191 e. The number of benzene rings is 1. The quantitative estimate of drug-likeness (QED) is 0.535. The van der Waals surface area contributed by atoms with Gasteiger partial charge in [0.25, 0.3) is 0 Å². The highest BCUT2D eigenvalue weighted by atomic mass is 32.2. The van der Waals surface area contributed by atoms with E-state index in [1.807, 2.05) is 6.92 Å². The lowest BCUT2D eigenvalue weighted by atomic mass is 9.97. The highest BCUT2D eigenvalue weighted by Crippen LogP contribution is 2.20. The lowest BCUT2D eigenvalue weighted by Gasteiger charge is -2.38. The van der Waals surface area contributed by atoms with Crippen molar-refractivity contribution in [1.29, 1.82) is 0 Å². The zero-order chi connectivity index (χ0) is 20.8. The van der Waals surface area contributed by atoms with E-state index >= 15 is 0 Å². The molecule has 1 fully saturated rings. The Bertz CT molecular complexity index is 747. The molecular formula is C21H36N4O2S. The van der Waals surface area contributed by atoms with Crippen molar-refractivity contribution >= 4 is 15.8 Å². The second-order valence-corrected chi connectivity index (χ2v) is 11.0. The van der Waals surface area contributed by atoms with E-state index < -0.39 is 14.6 Å². The summed E-state index contributed by atoms with van der Waals surface area (Å²) in [5, 5.41) is 6.76. The van der Waals surface area contributed by atoms with Crippen molar-refractivity contribution in [1.82, 2.24) is 15.5 Å². The van der Waals surface area contributed by atoms with Crippen molar-refractivity contribution in [2.75, 3.05) is 25.9 Å². The van der Waals surface area contributed by atoms with Crippen molar-refractivity contribution in [2.45, 2.75) is 63.9 Å². The summed E-state index contributed by atoms with van der Waals surface area (Å²) in [5.41, 5.74) is 1.35. The second kappa shape index (κ2) is 9.74. The SMILES string of the molecule is CCNC(=NCC(C)(C)S(C)(=O)=O)NC1CCN(Cc2ccccc2)C(C)C1. The van der Waals surface area contributed by atoms with Gasteiger partial charge in [-0.2, -0.15) is 0 Å². The smallest absolute Gasteiger partial charge is 0.191 e. The van der Waals surface area contributed by atoms with Gasteiger partial charge in [0.1, 0.15) is 0 Å². The van der Waals surface area contributed by atoms with E-state index in [9.17, 15) is 8.42 Å². The fourth-order valence-electron chi connectivity index (χ4n) is 3.30. The Labute approximate surface area is 170 Å². The normalized spacial score (nSPS) is 22.1. The number of nitrogens with one attached hydrogen (secondary N) is 2. The van der Waals surface area contributed by atoms with Gasteiger partial charge in [0.05, 0.1) is 11.3 Å². The fraction of sp³-hybridized carbons (Fsp3) is 0.667. The Morgan fingerprint density at radius 2 is 1.96 bits per heavy atom. The van der Waals surface area contributed by atoms with E-state index in [2.05, 4.69) is 57.8 Å². The van der Waals surface area contributed by atoms with E-state index in [0.717, 1.165) is 32.5 Å². The standard InChI is InChI=1S/C21H36N4O2S/c1-6-22-20(23-16-21(3,4)28(5,26)27)24-19-12-13-25(17(2)14-19)15-18-10-8-7-9-11-18/h7-11,17,19H,6,12-16H2,1-5H3,(H2,22,23,24). The Balaban J connectivity index is 1.94. The lowest BCUT2D eigenvalue weighted by molar-refractivity contribution is 0.134. The molecule has 1 aromatic rings. The molecule has 7 heteroatoms. The summed E-state index contributed by atoms with van der Waals surface area (Å²) >= 11 is 0. The first-order valence-corrected chi connectivity index (χ1v) is 12.0. The molecule has 2 unspecified atom stereocenters. The van der Waals surface area contributed by atoms with Crippen molar-refractivity contribution in [2.24, 2.45) is 4.99 Å². The van der Waals surface area contributed by atoms with E-state index in [-0.39, 0.29) is 6.54 Å². The number of nitrogens with zero attached hydrogens (tertiary/aromatic N) is 2. The number of piperidine rings is 1. The van der Waals surface area contributed by atoms with Gasteiger partial charge < -0.3 is 10.6 Å². The van der Waals surface area contributed by atoms with Crippen LogP contribution in [0.25, 0.3) is 0 Å². The first kappa shape index (κ1) is 22.7. The maximum absolute atomic E-state index is 11.9. The van der Waals surface area contributed by atoms with E-state index in [4.69, 9.17) is 0 Å². The van der Waals surface area contributed by atoms with Crippen molar-refractivity contribution < 1.29 is 8.42 Å². The van der Waals surface area contributed by atoms with Gasteiger partial charge in [-0.25, -0.2) is 8.42 Å². The molecule has 2 rings (SSSR count). The van der Waals surface area contributed by atoms with Gasteiger partial charge in [-0.3, -0.25) is 9.89 Å². The molecule has 1 aromatic carbocycles. The molecule has 0 aromatic heterocycles. The number of hydrogen-bond donors (Lipinski definition) is 2. The number of guanidine groups is 1. The number of aliphatic imine (C=N–C) groups is 1. The molecule has 2 N–H and O–H groups in total. The summed E-state index contributed by atoms with van der Waals surface area (Å²) in [7, 11) is -3.16. The van der Waals surface area contributed by atoms with E-state index in [1.54, 1.807) is 13.8 Å². The van der Waals surface area contributed by atoms with Crippen molar-refractivity contribution in [3.63, 3.8) is 0 Å². The molecule has 1 aliphatic rings. The molecule has 1 aliphatic heterocycles. The number of rotatable bonds is 7. The van der Waals surface area contributed by atoms with Crippen LogP contribution in [0.1, 0.15) is 46.1 Å². The topological polar surface area (TPSA) is 73.8 Å². The van der Waals surface area contributed by atoms with Crippen LogP contribution < -0.4 is 10.6 Å². The number of sulfone groups is 1. The molecular weight excluding hydrogens is 372 g/mol. The molecule has 28 heavy (non-hydrogen) atoms. The van der Waals surface area contributed by atoms with E-state index in [1.165, 1.54) is 11.8 Å². The van der Waals surface area contributed by atoms with Crippen LogP contribution in [0.2, 0.25) is 0 Å². The number of likely N-dealkylation sites (tertiary alicyclic amines) is 1. The Morgan fingerprint density at radius 3 is 2.54 bits per heavy atom. The average Bonchev–Trinajstić information content (AvgIpc) is 2.62. The largest absolute Gasteiger partial charge is 0.357 e. The Hall–Kier alpha value is -1.60. The summed E-state index contributed by atoms with van der Waals surface area (Å²) in [6.07, 6.45) is 3.34. The molecule has 0 saturated carbocycles. The number of hydrogen-bond acceptors (Lipinski definition) is 4. The Morgan fingerprint density at radius 1 is 1.29 bits per heavy atom. The Kier molecular flexibility index (Phi) is 7.89. The monoisotopic (exact) mass is 408 g/mol. The first-order chi connectivity index (χ1) is 13.1. The van der Waals surface area contributed by atoms with Crippen LogP contribution in [0.15, 0.2) is 35.3 Å². The summed E-state index contributed by atoms with van der Waals surface area (Å²) in [6, 6.07) is 11.4. The lowest BCUT2D eigenvalue weighted by Crippen LogP contribution is -2.51. The minimum Gasteiger partial charge on any atom is -0.357 e. The molecule has 0 radical (unpaired) electrons. The third kappa shape index (κ3) is 6.48. The highest BCUT2D eigenvalue weighted by molar-refractivity contribution is 7.92. The summed E-state index contributed by atoms with van der Waals surface area (Å²) in [4.78, 5) is 7.08. The van der Waals surface area contributed by atoms with Crippen molar-refractivity contribution in [3.8, 4) is 0 Å². The van der Waals surface area contributed by atoms with Gasteiger partial charge in [0, 0.05) is 38.0 Å². The van der Waals surface area contributed by atoms with Gasteiger partial charge in [0.15, 0.2) is 15.8 Å². The van der Waals surface area contributed by atoms with Gasteiger partial charge in [-0.1, -0.05) is 30.3 Å². The van der Waals surface area contributed by atoms with Crippen LogP contribution >= 0.6 is 0 Å². The highest BCUT2D eigenvalue weighted by Gasteiger charge is 2.30. The molecule has 1 heterocycles. The van der Waals surface area contributed by atoms with Gasteiger partial charge >= 0.3 is 0 Å². The molecule has 158 valence electrons. The van der Waals surface area contributed by atoms with Crippen LogP contribution in [0, 0.1) is 0 Å². The van der Waals surface area contributed by atoms with Gasteiger partial charge in [-0.05, 0) is 46.1 Å². The summed E-state index contributed by atoms with van der Waals surface area (Å²) < 4.78 is 23.0. The van der Waals surface area contributed by atoms with Crippen LogP contribution in [0.3, 0.4) is 0 Å². The zero-order valence-electron chi connectivity index (χ0n) is 17.9. The molecule has 2 atom stereocenters. The van der Waals surface area contributed by atoms with Crippen molar-refractivity contribution in [3.05, 3.63) is 35.9 Å². The van der Waals surface area contributed by atoms with Crippen LogP contribution in [-0.4, -0.2) is 62.0 Å². The predicted octanol–water partition coefficient (Wildman–Crippen LogP) is 2.42. The molecule has 0 aliphatic carbocycles. The second-order valence-electron chi connectivity index (χ2n) is 8.40. The molecule has 0 bridgehead atoms. The third-order valence-corrected chi connectivity index (χ3v) is 7.69. The van der Waals surface area contributed by atoms with Gasteiger partial charge in [0.2, 0.25) is 0 Å². The predicted molar refractivity (Wildman–Crippen MR) is 117 cm³/mol. The zero-order valence-corrected chi connectivity index (χ0v) is 18.7. The fourth-order valence-corrected chi connectivity index (χ4v) is 3.60. The summed E-state index contributed by atoms with van der Waals surface area (Å²) in [6.45, 7) is 10.7. The minimum atomic E-state index is -3.16. The average molecular weight is 409 g/mol. The molecule has 6 nitrogen and oxygen atoms in total. The van der Waals surface area contributed by atoms with Crippen LogP contribution in [0.5, 0.6) is 0 Å². The first-order valence-electron chi connectivity index (χ1n) is 10.1. The van der Waals surface area contributed by atoms with Crippen LogP contribution in [0.4, 0.5) is 0 Å². The summed E-state index contributed by atoms with van der Waals surface area (Å²) in [5.74, 6) is 0.702. The van der Waals surface area contributed by atoms with E-state index in [0.29, 0.717) is 18.0 Å². The molecule has 0 amide bonds. The van der Waals surface area contributed by atoms with Crippen LogP contribution in [-0.2, 0) is 16.4 Å². The molecule has 0 spiro atoms.